The largest absolute Gasteiger partial charge is 0.389 e. The lowest BCUT2D eigenvalue weighted by molar-refractivity contribution is 0.251. The fraction of sp³-hybridized carbons (Fsp3) is 0.0667. The van der Waals surface area contributed by atoms with E-state index < -0.39 is 11.8 Å². The second-order valence-corrected chi connectivity index (χ2v) is 4.76. The zero-order valence-electron chi connectivity index (χ0n) is 11.1. The summed E-state index contributed by atoms with van der Waals surface area (Å²) in [5, 5.41) is 5.22. The van der Waals surface area contributed by atoms with Gasteiger partial charge in [0.2, 0.25) is 0 Å². The number of urea groups is 1. The summed E-state index contributed by atoms with van der Waals surface area (Å²) in [6.07, 6.45) is 0. The molecule has 2 rings (SSSR count). The highest BCUT2D eigenvalue weighted by molar-refractivity contribution is 7.80. The molecule has 0 aromatic heterocycles. The topological polar surface area (TPSA) is 67.1 Å². The van der Waals surface area contributed by atoms with Gasteiger partial charge in [-0.3, -0.25) is 0 Å². The molecule has 0 aliphatic heterocycles. The van der Waals surface area contributed by atoms with Gasteiger partial charge in [0.05, 0.1) is 11.3 Å². The Bertz CT molecular complexity index is 661. The molecule has 0 saturated heterocycles. The lowest BCUT2D eigenvalue weighted by Gasteiger charge is -2.12. The van der Waals surface area contributed by atoms with Crippen molar-refractivity contribution in [2.24, 2.45) is 5.73 Å². The number of hydrogen-bond donors (Lipinski definition) is 3. The Kier molecular flexibility index (Phi) is 4.84. The van der Waals surface area contributed by atoms with Crippen LogP contribution in [0.25, 0.3) is 0 Å². The number of hydrogen-bond acceptors (Lipinski definition) is 2. The third-order valence-electron chi connectivity index (χ3n) is 2.80. The van der Waals surface area contributed by atoms with Crippen LogP contribution in [0, 0.1) is 5.82 Å². The van der Waals surface area contributed by atoms with E-state index in [1.807, 2.05) is 30.3 Å². The molecule has 2 amide bonds. The summed E-state index contributed by atoms with van der Waals surface area (Å²) in [5.41, 5.74) is 6.71. The first-order valence-electron chi connectivity index (χ1n) is 6.25. The Morgan fingerprint density at radius 1 is 1.14 bits per heavy atom. The van der Waals surface area contributed by atoms with E-state index in [2.05, 4.69) is 10.6 Å². The molecule has 0 heterocycles. The standard InChI is InChI=1S/C15H14FN3OS/c16-11-7-4-8-12(13(11)14(17)21)19-15(20)18-9-10-5-2-1-3-6-10/h1-8H,9H2,(H2,17,21)(H2,18,19,20). The fourth-order valence-electron chi connectivity index (χ4n) is 1.82. The number of nitrogens with one attached hydrogen (secondary N) is 2. The number of anilines is 1. The molecule has 0 spiro atoms. The summed E-state index contributed by atoms with van der Waals surface area (Å²) in [7, 11) is 0. The minimum absolute atomic E-state index is 0.0300. The number of carbonyl (C=O) groups is 1. The van der Waals surface area contributed by atoms with Gasteiger partial charge >= 0.3 is 6.03 Å². The first kappa shape index (κ1) is 14.9. The van der Waals surface area contributed by atoms with Crippen molar-refractivity contribution in [3.8, 4) is 0 Å². The van der Waals surface area contributed by atoms with E-state index in [0.29, 0.717) is 6.54 Å². The van der Waals surface area contributed by atoms with Gasteiger partial charge in [-0.1, -0.05) is 48.6 Å². The molecule has 21 heavy (non-hydrogen) atoms. The van der Waals surface area contributed by atoms with E-state index in [4.69, 9.17) is 18.0 Å². The summed E-state index contributed by atoms with van der Waals surface area (Å²) in [6.45, 7) is 0.365. The molecule has 2 aromatic carbocycles. The van der Waals surface area contributed by atoms with Crippen LogP contribution in [0.3, 0.4) is 0 Å². The number of rotatable bonds is 4. The van der Waals surface area contributed by atoms with E-state index in [-0.39, 0.29) is 16.2 Å². The van der Waals surface area contributed by atoms with Gasteiger partial charge in [0.25, 0.3) is 0 Å². The first-order valence-corrected chi connectivity index (χ1v) is 6.66. The molecular formula is C15H14FN3OS. The predicted octanol–water partition coefficient (Wildman–Crippen LogP) is 2.78. The van der Waals surface area contributed by atoms with Crippen molar-refractivity contribution in [2.45, 2.75) is 6.54 Å². The summed E-state index contributed by atoms with van der Waals surface area (Å²) >= 11 is 4.80. The molecule has 108 valence electrons. The number of amides is 2. The minimum Gasteiger partial charge on any atom is -0.389 e. The lowest BCUT2D eigenvalue weighted by Crippen LogP contribution is -2.29. The highest BCUT2D eigenvalue weighted by atomic mass is 32.1. The molecular weight excluding hydrogens is 289 g/mol. The van der Waals surface area contributed by atoms with Crippen LogP contribution >= 0.6 is 12.2 Å². The van der Waals surface area contributed by atoms with Gasteiger partial charge in [-0.25, -0.2) is 9.18 Å². The van der Waals surface area contributed by atoms with Crippen molar-refractivity contribution < 1.29 is 9.18 Å². The quantitative estimate of drug-likeness (QED) is 0.761. The Hall–Kier alpha value is -2.47. The molecule has 0 atom stereocenters. The third-order valence-corrected chi connectivity index (χ3v) is 3.01. The van der Waals surface area contributed by atoms with Crippen LogP contribution < -0.4 is 16.4 Å². The van der Waals surface area contributed by atoms with Gasteiger partial charge in [0, 0.05) is 6.54 Å². The molecule has 2 aromatic rings. The van der Waals surface area contributed by atoms with Gasteiger partial charge in [-0.05, 0) is 17.7 Å². The van der Waals surface area contributed by atoms with E-state index >= 15 is 0 Å². The number of carbonyl (C=O) groups excluding carboxylic acids is 1. The smallest absolute Gasteiger partial charge is 0.319 e. The maximum Gasteiger partial charge on any atom is 0.319 e. The van der Waals surface area contributed by atoms with Gasteiger partial charge in [0.15, 0.2) is 0 Å². The summed E-state index contributed by atoms with van der Waals surface area (Å²) in [4.78, 5) is 11.7. The zero-order chi connectivity index (χ0) is 15.2. The Morgan fingerprint density at radius 3 is 2.52 bits per heavy atom. The maximum absolute atomic E-state index is 13.7. The monoisotopic (exact) mass is 303 g/mol. The lowest BCUT2D eigenvalue weighted by atomic mass is 10.1. The fourth-order valence-corrected chi connectivity index (χ4v) is 2.03. The van der Waals surface area contributed by atoms with Crippen molar-refractivity contribution in [1.29, 1.82) is 0 Å². The molecule has 0 saturated carbocycles. The summed E-state index contributed by atoms with van der Waals surface area (Å²) < 4.78 is 13.7. The third kappa shape index (κ3) is 4.00. The second-order valence-electron chi connectivity index (χ2n) is 4.32. The number of thiocarbonyl (C=S) groups is 1. The van der Waals surface area contributed by atoms with E-state index in [1.165, 1.54) is 12.1 Å². The number of benzene rings is 2. The number of nitrogens with two attached hydrogens (primary N) is 1. The van der Waals surface area contributed by atoms with Crippen molar-refractivity contribution in [3.05, 3.63) is 65.5 Å². The van der Waals surface area contributed by atoms with E-state index in [9.17, 15) is 9.18 Å². The molecule has 0 radical (unpaired) electrons. The number of halogens is 1. The van der Waals surface area contributed by atoms with Crippen molar-refractivity contribution >= 4 is 28.9 Å². The molecule has 0 unspecified atom stereocenters. The van der Waals surface area contributed by atoms with Crippen LogP contribution in [0.5, 0.6) is 0 Å². The SMILES string of the molecule is NC(=S)c1c(F)cccc1NC(=O)NCc1ccccc1. The highest BCUT2D eigenvalue weighted by Gasteiger charge is 2.13. The average Bonchev–Trinajstić information content (AvgIpc) is 2.46. The van der Waals surface area contributed by atoms with E-state index in [1.54, 1.807) is 6.07 Å². The van der Waals surface area contributed by atoms with Gasteiger partial charge in [-0.15, -0.1) is 0 Å². The van der Waals surface area contributed by atoms with Crippen molar-refractivity contribution in [1.82, 2.24) is 5.32 Å². The van der Waals surface area contributed by atoms with Crippen LogP contribution in [0.2, 0.25) is 0 Å². The minimum atomic E-state index is -0.566. The van der Waals surface area contributed by atoms with Crippen LogP contribution in [-0.4, -0.2) is 11.0 Å². The maximum atomic E-state index is 13.7. The normalized spacial score (nSPS) is 9.95. The van der Waals surface area contributed by atoms with Crippen LogP contribution in [-0.2, 0) is 6.54 Å². The van der Waals surface area contributed by atoms with Crippen molar-refractivity contribution in [2.75, 3.05) is 5.32 Å². The zero-order valence-corrected chi connectivity index (χ0v) is 11.9. The molecule has 0 aliphatic carbocycles. The van der Waals surface area contributed by atoms with Gasteiger partial charge < -0.3 is 16.4 Å². The molecule has 0 aliphatic rings. The molecule has 4 N–H and O–H groups in total. The second kappa shape index (κ2) is 6.81. The molecule has 6 heteroatoms. The average molecular weight is 303 g/mol. The Labute approximate surface area is 127 Å². The summed E-state index contributed by atoms with van der Waals surface area (Å²) in [6, 6.07) is 13.2. The van der Waals surface area contributed by atoms with Crippen molar-refractivity contribution in [3.63, 3.8) is 0 Å². The van der Waals surface area contributed by atoms with Crippen LogP contribution in [0.4, 0.5) is 14.9 Å². The van der Waals surface area contributed by atoms with Crippen LogP contribution in [0.15, 0.2) is 48.5 Å². The molecule has 0 bridgehead atoms. The Balaban J connectivity index is 2.03. The predicted molar refractivity (Wildman–Crippen MR) is 84.6 cm³/mol. The highest BCUT2D eigenvalue weighted by Crippen LogP contribution is 2.18. The Morgan fingerprint density at radius 2 is 1.86 bits per heavy atom. The van der Waals surface area contributed by atoms with Gasteiger partial charge in [0.1, 0.15) is 10.8 Å². The van der Waals surface area contributed by atoms with Gasteiger partial charge in [-0.2, -0.15) is 0 Å². The van der Waals surface area contributed by atoms with Crippen LogP contribution in [0.1, 0.15) is 11.1 Å². The molecule has 4 nitrogen and oxygen atoms in total. The van der Waals surface area contributed by atoms with E-state index in [0.717, 1.165) is 5.56 Å². The summed E-state index contributed by atoms with van der Waals surface area (Å²) in [5.74, 6) is -0.566. The molecule has 0 fully saturated rings. The first-order chi connectivity index (χ1) is 10.1.